The molecule has 0 saturated carbocycles. The zero-order valence-electron chi connectivity index (χ0n) is 17.7. The van der Waals surface area contributed by atoms with Crippen molar-refractivity contribution in [1.82, 2.24) is 15.5 Å². The van der Waals surface area contributed by atoms with E-state index in [-0.39, 0.29) is 55.0 Å². The maximum Gasteiger partial charge on any atom is 0.416 e. The fourth-order valence-corrected chi connectivity index (χ4v) is 3.09. The van der Waals surface area contributed by atoms with Crippen LogP contribution in [0.25, 0.3) is 0 Å². The molecule has 0 bridgehead atoms. The number of hydrogen-bond donors (Lipinski definition) is 3. The first-order valence-electron chi connectivity index (χ1n) is 9.72. The Kier molecular flexibility index (Phi) is 11.0. The topological polar surface area (TPSA) is 86.2 Å². The van der Waals surface area contributed by atoms with Crippen molar-refractivity contribution < 1.29 is 27.8 Å². The molecule has 7 nitrogen and oxygen atoms in total. The highest BCUT2D eigenvalue weighted by Crippen LogP contribution is 2.31. The van der Waals surface area contributed by atoms with Gasteiger partial charge in [-0.2, -0.15) is 13.2 Å². The van der Waals surface area contributed by atoms with Crippen LogP contribution in [0.3, 0.4) is 0 Å². The lowest BCUT2D eigenvalue weighted by molar-refractivity contribution is -0.137. The zero-order chi connectivity index (χ0) is 22.2. The predicted octanol–water partition coefficient (Wildman–Crippen LogP) is 2.24. The highest BCUT2D eigenvalue weighted by molar-refractivity contribution is 14.0. The highest BCUT2D eigenvalue weighted by Gasteiger charge is 2.34. The summed E-state index contributed by atoms with van der Waals surface area (Å²) in [5.41, 5.74) is -0.580. The summed E-state index contributed by atoms with van der Waals surface area (Å²) in [6, 6.07) is 4.98. The first kappa shape index (κ1) is 27.4. The second-order valence-corrected chi connectivity index (χ2v) is 7.63. The van der Waals surface area contributed by atoms with Crippen molar-refractivity contribution in [2.75, 3.05) is 47.0 Å². The van der Waals surface area contributed by atoms with Crippen molar-refractivity contribution in [3.8, 4) is 0 Å². The van der Waals surface area contributed by atoms with Crippen LogP contribution in [0, 0.1) is 5.41 Å². The van der Waals surface area contributed by atoms with E-state index >= 15 is 0 Å². The molecule has 0 aromatic heterocycles. The Balaban J connectivity index is 0.00000480. The van der Waals surface area contributed by atoms with Crippen molar-refractivity contribution in [2.45, 2.75) is 25.6 Å². The molecule has 1 aliphatic rings. The number of guanidine groups is 1. The number of rotatable bonds is 8. The second-order valence-electron chi connectivity index (χ2n) is 7.63. The standard InChI is InChI=1S/C20H29F3N4O3.HI/c1-27(2)17(29)12-25-18(26-13-19(6-8-28)7-9-30-14-19)24-11-15-4-3-5-16(10-15)20(21,22)23;/h3-5,10,28H,6-9,11-14H2,1-2H3,(H2,24,25,26);1H. The van der Waals surface area contributed by atoms with Crippen LogP contribution in [0.15, 0.2) is 29.3 Å². The van der Waals surface area contributed by atoms with E-state index in [9.17, 15) is 23.1 Å². The van der Waals surface area contributed by atoms with E-state index < -0.39 is 11.7 Å². The molecule has 0 radical (unpaired) electrons. The molecular formula is C20H30F3IN4O3. The number of hydrogen-bond acceptors (Lipinski definition) is 4. The van der Waals surface area contributed by atoms with Crippen LogP contribution in [-0.2, 0) is 22.3 Å². The largest absolute Gasteiger partial charge is 0.416 e. The predicted molar refractivity (Wildman–Crippen MR) is 122 cm³/mol. The molecule has 0 spiro atoms. The highest BCUT2D eigenvalue weighted by atomic mass is 127. The van der Waals surface area contributed by atoms with Gasteiger partial charge in [-0.1, -0.05) is 12.1 Å². The van der Waals surface area contributed by atoms with Crippen molar-refractivity contribution >= 4 is 35.8 Å². The van der Waals surface area contributed by atoms with Gasteiger partial charge in [0.15, 0.2) is 5.96 Å². The van der Waals surface area contributed by atoms with Crippen molar-refractivity contribution in [1.29, 1.82) is 0 Å². The Labute approximate surface area is 197 Å². The number of aliphatic hydroxyl groups is 1. The maximum atomic E-state index is 12.9. The van der Waals surface area contributed by atoms with Crippen LogP contribution in [-0.4, -0.2) is 68.9 Å². The quantitative estimate of drug-likeness (QED) is 0.259. The van der Waals surface area contributed by atoms with Gasteiger partial charge in [0.05, 0.1) is 25.3 Å². The van der Waals surface area contributed by atoms with Gasteiger partial charge >= 0.3 is 6.18 Å². The molecule has 0 aliphatic carbocycles. The van der Waals surface area contributed by atoms with Gasteiger partial charge in [0.1, 0.15) is 0 Å². The van der Waals surface area contributed by atoms with Crippen LogP contribution in [0.5, 0.6) is 0 Å². The normalized spacial score (nSPS) is 19.0. The van der Waals surface area contributed by atoms with Gasteiger partial charge in [-0.15, -0.1) is 24.0 Å². The third-order valence-corrected chi connectivity index (χ3v) is 5.04. The molecule has 1 aromatic carbocycles. The Morgan fingerprint density at radius 1 is 1.32 bits per heavy atom. The summed E-state index contributed by atoms with van der Waals surface area (Å²) in [4.78, 5) is 17.7. The van der Waals surface area contributed by atoms with Crippen LogP contribution < -0.4 is 10.6 Å². The SMILES string of the molecule is CN(C)C(=O)CNC(=NCc1cccc(C(F)(F)F)c1)NCC1(CCO)CCOC1.I. The summed E-state index contributed by atoms with van der Waals surface area (Å²) in [5, 5.41) is 15.4. The summed E-state index contributed by atoms with van der Waals surface area (Å²) >= 11 is 0. The maximum absolute atomic E-state index is 12.9. The smallest absolute Gasteiger partial charge is 0.396 e. The summed E-state index contributed by atoms with van der Waals surface area (Å²) in [6.07, 6.45) is -3.09. The lowest BCUT2D eigenvalue weighted by atomic mass is 9.84. The van der Waals surface area contributed by atoms with Crippen LogP contribution in [0.4, 0.5) is 13.2 Å². The minimum atomic E-state index is -4.42. The molecule has 11 heteroatoms. The number of carbonyl (C=O) groups is 1. The number of benzene rings is 1. The Morgan fingerprint density at radius 3 is 2.65 bits per heavy atom. The van der Waals surface area contributed by atoms with Crippen molar-refractivity contribution in [3.05, 3.63) is 35.4 Å². The van der Waals surface area contributed by atoms with Gasteiger partial charge in [0.25, 0.3) is 0 Å². The fraction of sp³-hybridized carbons (Fsp3) is 0.600. The lowest BCUT2D eigenvalue weighted by Gasteiger charge is -2.28. The van der Waals surface area contributed by atoms with Crippen LogP contribution in [0.2, 0.25) is 0 Å². The number of carbonyl (C=O) groups excluding carboxylic acids is 1. The summed E-state index contributed by atoms with van der Waals surface area (Å²) in [6.45, 7) is 1.58. The van der Waals surface area contributed by atoms with E-state index in [0.717, 1.165) is 18.6 Å². The molecule has 1 fully saturated rings. The van der Waals surface area contributed by atoms with Gasteiger partial charge in [-0.25, -0.2) is 4.99 Å². The van der Waals surface area contributed by atoms with Gasteiger partial charge in [-0.3, -0.25) is 4.79 Å². The number of alkyl halides is 3. The minimum absolute atomic E-state index is 0. The van der Waals surface area contributed by atoms with Crippen molar-refractivity contribution in [2.24, 2.45) is 10.4 Å². The first-order valence-corrected chi connectivity index (χ1v) is 9.72. The number of ether oxygens (including phenoxy) is 1. The van der Waals surface area contributed by atoms with Gasteiger partial charge < -0.3 is 25.4 Å². The molecule has 1 unspecified atom stereocenters. The summed E-state index contributed by atoms with van der Waals surface area (Å²) in [7, 11) is 3.26. The minimum Gasteiger partial charge on any atom is -0.396 e. The molecular weight excluding hydrogens is 528 g/mol. The zero-order valence-corrected chi connectivity index (χ0v) is 20.0. The van der Waals surface area contributed by atoms with Crippen molar-refractivity contribution in [3.63, 3.8) is 0 Å². The number of amides is 1. The van der Waals surface area contributed by atoms with E-state index in [4.69, 9.17) is 4.74 Å². The lowest BCUT2D eigenvalue weighted by Crippen LogP contribution is -2.47. The Bertz CT molecular complexity index is 739. The average Bonchev–Trinajstić information content (AvgIpc) is 3.15. The summed E-state index contributed by atoms with van der Waals surface area (Å²) < 4.78 is 44.2. The van der Waals surface area contributed by atoms with Gasteiger partial charge in [-0.05, 0) is 30.5 Å². The van der Waals surface area contributed by atoms with Crippen LogP contribution in [0.1, 0.15) is 24.0 Å². The number of nitrogens with one attached hydrogen (secondary N) is 2. The van der Waals surface area contributed by atoms with Gasteiger partial charge in [0.2, 0.25) is 5.91 Å². The Hall–Kier alpha value is -1.60. The number of nitrogens with zero attached hydrogens (tertiary/aromatic N) is 2. The molecule has 31 heavy (non-hydrogen) atoms. The molecule has 2 rings (SSSR count). The second kappa shape index (κ2) is 12.4. The molecule has 1 aliphatic heterocycles. The molecule has 1 amide bonds. The molecule has 1 saturated heterocycles. The molecule has 176 valence electrons. The van der Waals surface area contributed by atoms with E-state index in [2.05, 4.69) is 15.6 Å². The molecule has 1 heterocycles. The monoisotopic (exact) mass is 558 g/mol. The van der Waals surface area contributed by atoms with E-state index in [1.165, 1.54) is 11.0 Å². The Morgan fingerprint density at radius 2 is 2.06 bits per heavy atom. The van der Waals surface area contributed by atoms with E-state index in [1.54, 1.807) is 20.2 Å². The first-order chi connectivity index (χ1) is 14.1. The molecule has 1 aromatic rings. The number of aliphatic imine (C=N–C) groups is 1. The number of halogens is 4. The number of likely N-dealkylation sites (N-methyl/N-ethyl adjacent to an activating group) is 1. The third kappa shape index (κ3) is 8.81. The van der Waals surface area contributed by atoms with Gasteiger partial charge in [0, 0.05) is 39.3 Å². The van der Waals surface area contributed by atoms with E-state index in [1.807, 2.05) is 0 Å². The molecule has 1 atom stereocenters. The van der Waals surface area contributed by atoms with Crippen LogP contribution >= 0.6 is 24.0 Å². The average molecular weight is 558 g/mol. The van der Waals surface area contributed by atoms with E-state index in [0.29, 0.717) is 37.7 Å². The summed E-state index contributed by atoms with van der Waals surface area (Å²) in [5.74, 6) is 0.143. The third-order valence-electron chi connectivity index (χ3n) is 5.04. The fourth-order valence-electron chi connectivity index (χ4n) is 3.09. The molecule has 3 N–H and O–H groups in total. The number of aliphatic hydroxyl groups excluding tert-OH is 1.